The van der Waals surface area contributed by atoms with Crippen LogP contribution in [0.1, 0.15) is 23.5 Å². The van der Waals surface area contributed by atoms with Crippen molar-refractivity contribution in [1.82, 2.24) is 0 Å². The number of carbonyl (C=O) groups is 1. The van der Waals surface area contributed by atoms with Gasteiger partial charge in [-0.25, -0.2) is 0 Å². The highest BCUT2D eigenvalue weighted by molar-refractivity contribution is 8.00. The van der Waals surface area contributed by atoms with Gasteiger partial charge in [0, 0.05) is 11.3 Å². The summed E-state index contributed by atoms with van der Waals surface area (Å²) in [6.07, 6.45) is 1.76. The van der Waals surface area contributed by atoms with E-state index >= 15 is 0 Å². The summed E-state index contributed by atoms with van der Waals surface area (Å²) < 4.78 is 0. The molecule has 0 saturated heterocycles. The van der Waals surface area contributed by atoms with Gasteiger partial charge in [0.15, 0.2) is 0 Å². The number of fused-ring (bicyclic) bond motifs is 1. The first-order valence-corrected chi connectivity index (χ1v) is 7.59. The molecule has 1 aliphatic rings. The number of hydrogen-bond acceptors (Lipinski definition) is 2. The average Bonchev–Trinajstić information content (AvgIpc) is 2.44. The molecule has 0 heterocycles. The molecule has 0 bridgehead atoms. The average molecular weight is 268 g/mol. The molecule has 0 amide bonds. The molecule has 96 valence electrons. The van der Waals surface area contributed by atoms with Gasteiger partial charge in [0.2, 0.25) is 0 Å². The van der Waals surface area contributed by atoms with Crippen molar-refractivity contribution in [2.75, 3.05) is 5.75 Å². The number of ketones is 1. The van der Waals surface area contributed by atoms with Gasteiger partial charge in [-0.3, -0.25) is 4.79 Å². The highest BCUT2D eigenvalue weighted by Gasteiger charge is 2.27. The zero-order valence-electron chi connectivity index (χ0n) is 10.7. The SMILES string of the molecule is O=C(CSc1ccccc1)CC1Cc2ccccc21. The minimum Gasteiger partial charge on any atom is -0.299 e. The highest BCUT2D eigenvalue weighted by atomic mass is 32.2. The summed E-state index contributed by atoms with van der Waals surface area (Å²) in [5, 5.41) is 0. The molecule has 0 saturated carbocycles. The van der Waals surface area contributed by atoms with E-state index in [2.05, 4.69) is 36.4 Å². The van der Waals surface area contributed by atoms with E-state index in [0.717, 1.165) is 6.42 Å². The van der Waals surface area contributed by atoms with Crippen molar-refractivity contribution in [3.05, 3.63) is 65.7 Å². The fourth-order valence-electron chi connectivity index (χ4n) is 2.56. The first-order valence-electron chi connectivity index (χ1n) is 6.60. The zero-order valence-corrected chi connectivity index (χ0v) is 11.5. The molecule has 0 fully saturated rings. The number of hydrogen-bond donors (Lipinski definition) is 0. The lowest BCUT2D eigenvalue weighted by molar-refractivity contribution is -0.117. The molecular formula is C17H16OS. The number of benzene rings is 2. The smallest absolute Gasteiger partial charge is 0.143 e. The van der Waals surface area contributed by atoms with Gasteiger partial charge in [-0.15, -0.1) is 11.8 Å². The van der Waals surface area contributed by atoms with Crippen molar-refractivity contribution in [1.29, 1.82) is 0 Å². The van der Waals surface area contributed by atoms with Crippen LogP contribution in [0.2, 0.25) is 0 Å². The largest absolute Gasteiger partial charge is 0.299 e. The van der Waals surface area contributed by atoms with Crippen molar-refractivity contribution in [2.24, 2.45) is 0 Å². The molecule has 19 heavy (non-hydrogen) atoms. The van der Waals surface area contributed by atoms with Gasteiger partial charge in [-0.1, -0.05) is 42.5 Å². The Labute approximate surface area is 118 Å². The monoisotopic (exact) mass is 268 g/mol. The van der Waals surface area contributed by atoms with Crippen molar-refractivity contribution in [3.8, 4) is 0 Å². The van der Waals surface area contributed by atoms with E-state index in [0.29, 0.717) is 23.9 Å². The summed E-state index contributed by atoms with van der Waals surface area (Å²) in [5.41, 5.74) is 2.79. The van der Waals surface area contributed by atoms with Gasteiger partial charge < -0.3 is 0 Å². The Hall–Kier alpha value is -1.54. The molecular weight excluding hydrogens is 252 g/mol. The van der Waals surface area contributed by atoms with Gasteiger partial charge in [0.25, 0.3) is 0 Å². The third-order valence-electron chi connectivity index (χ3n) is 3.58. The summed E-state index contributed by atoms with van der Waals surface area (Å²) in [6.45, 7) is 0. The standard InChI is InChI=1S/C17H16OS/c18-15(12-19-16-7-2-1-3-8-16)11-14-10-13-6-4-5-9-17(13)14/h1-9,14H,10-12H2. The normalized spacial score (nSPS) is 16.5. The first kappa shape index (κ1) is 12.5. The first-order chi connectivity index (χ1) is 9.33. The summed E-state index contributed by atoms with van der Waals surface area (Å²) in [5.74, 6) is 1.40. The highest BCUT2D eigenvalue weighted by Crippen LogP contribution is 2.37. The summed E-state index contributed by atoms with van der Waals surface area (Å²) in [6, 6.07) is 18.6. The minimum atomic E-state index is 0.355. The van der Waals surface area contributed by atoms with Crippen molar-refractivity contribution in [2.45, 2.75) is 23.7 Å². The Morgan fingerprint density at radius 2 is 1.79 bits per heavy atom. The molecule has 0 radical (unpaired) electrons. The van der Waals surface area contributed by atoms with Crippen LogP contribution in [0.3, 0.4) is 0 Å². The Morgan fingerprint density at radius 1 is 1.05 bits per heavy atom. The lowest BCUT2D eigenvalue weighted by Crippen LogP contribution is -2.20. The third-order valence-corrected chi connectivity index (χ3v) is 4.65. The topological polar surface area (TPSA) is 17.1 Å². The summed E-state index contributed by atoms with van der Waals surface area (Å²) in [4.78, 5) is 13.2. The van der Waals surface area contributed by atoms with Crippen LogP contribution in [0.25, 0.3) is 0 Å². The van der Waals surface area contributed by atoms with Crippen LogP contribution in [-0.4, -0.2) is 11.5 Å². The van der Waals surface area contributed by atoms with Gasteiger partial charge in [0.05, 0.1) is 5.75 Å². The molecule has 1 atom stereocenters. The Balaban J connectivity index is 1.51. The van der Waals surface area contributed by atoms with E-state index < -0.39 is 0 Å². The summed E-state index contributed by atoms with van der Waals surface area (Å²) in [7, 11) is 0. The Morgan fingerprint density at radius 3 is 2.58 bits per heavy atom. The molecule has 3 rings (SSSR count). The van der Waals surface area contributed by atoms with Gasteiger partial charge in [0.1, 0.15) is 5.78 Å². The van der Waals surface area contributed by atoms with Crippen molar-refractivity contribution in [3.63, 3.8) is 0 Å². The second kappa shape index (κ2) is 5.62. The second-order valence-corrected chi connectivity index (χ2v) is 5.99. The molecule has 1 unspecified atom stereocenters. The van der Waals surface area contributed by atoms with Crippen LogP contribution in [0.15, 0.2) is 59.5 Å². The lowest BCUT2D eigenvalue weighted by atomic mass is 9.75. The molecule has 2 aromatic rings. The van der Waals surface area contributed by atoms with Gasteiger partial charge in [-0.05, 0) is 35.6 Å². The number of thioether (sulfide) groups is 1. The fourth-order valence-corrected chi connectivity index (χ4v) is 3.35. The predicted molar refractivity (Wildman–Crippen MR) is 79.7 cm³/mol. The number of carbonyl (C=O) groups excluding carboxylic acids is 1. The van der Waals surface area contributed by atoms with Gasteiger partial charge >= 0.3 is 0 Å². The maximum absolute atomic E-state index is 12.0. The van der Waals surface area contributed by atoms with E-state index in [1.807, 2.05) is 18.2 Å². The molecule has 0 aliphatic heterocycles. The maximum Gasteiger partial charge on any atom is 0.143 e. The Kier molecular flexibility index (Phi) is 3.69. The summed E-state index contributed by atoms with van der Waals surface area (Å²) >= 11 is 1.64. The molecule has 1 aliphatic carbocycles. The second-order valence-electron chi connectivity index (χ2n) is 4.94. The quantitative estimate of drug-likeness (QED) is 0.760. The van der Waals surface area contributed by atoms with E-state index in [1.54, 1.807) is 11.8 Å². The van der Waals surface area contributed by atoms with E-state index in [1.165, 1.54) is 16.0 Å². The zero-order chi connectivity index (χ0) is 13.1. The van der Waals surface area contributed by atoms with Crippen LogP contribution < -0.4 is 0 Å². The van der Waals surface area contributed by atoms with E-state index in [9.17, 15) is 4.79 Å². The third kappa shape index (κ3) is 2.90. The van der Waals surface area contributed by atoms with Crippen LogP contribution >= 0.6 is 11.8 Å². The lowest BCUT2D eigenvalue weighted by Gasteiger charge is -2.29. The van der Waals surface area contributed by atoms with Crippen molar-refractivity contribution >= 4 is 17.5 Å². The Bertz CT molecular complexity index is 577. The van der Waals surface area contributed by atoms with Crippen molar-refractivity contribution < 1.29 is 4.79 Å². The molecule has 2 aromatic carbocycles. The predicted octanol–water partition coefficient (Wildman–Crippen LogP) is 4.08. The van der Waals surface area contributed by atoms with E-state index in [4.69, 9.17) is 0 Å². The molecule has 0 spiro atoms. The van der Waals surface area contributed by atoms with Crippen LogP contribution in [0.4, 0.5) is 0 Å². The molecule has 0 aromatic heterocycles. The molecule has 1 nitrogen and oxygen atoms in total. The van der Waals surface area contributed by atoms with Crippen LogP contribution in [-0.2, 0) is 11.2 Å². The van der Waals surface area contributed by atoms with Crippen LogP contribution in [0, 0.1) is 0 Å². The number of rotatable bonds is 5. The van der Waals surface area contributed by atoms with Crippen LogP contribution in [0.5, 0.6) is 0 Å². The maximum atomic E-state index is 12.0. The molecule has 0 N–H and O–H groups in total. The minimum absolute atomic E-state index is 0.355. The van der Waals surface area contributed by atoms with E-state index in [-0.39, 0.29) is 0 Å². The number of Topliss-reactive ketones (excluding diaryl/α,β-unsaturated/α-hetero) is 1. The van der Waals surface area contributed by atoms with Gasteiger partial charge in [-0.2, -0.15) is 0 Å². The fraction of sp³-hybridized carbons (Fsp3) is 0.235. The molecule has 2 heteroatoms.